The molecule has 1 aromatic carbocycles. The van der Waals surface area contributed by atoms with E-state index in [1.807, 2.05) is 12.1 Å². The molecule has 8 heteroatoms. The number of aromatic amines is 1. The molecular formula is C19H26ClN5O2. The quantitative estimate of drug-likeness (QED) is 0.318. The van der Waals surface area contributed by atoms with E-state index in [2.05, 4.69) is 32.6 Å². The predicted octanol–water partition coefficient (Wildman–Crippen LogP) is 4.39. The summed E-state index contributed by atoms with van der Waals surface area (Å²) in [4.78, 5) is 14.7. The largest absolute Gasteiger partial charge is 0.492 e. The molecule has 0 amide bonds. The molecule has 0 aliphatic heterocycles. The Balaban J connectivity index is 1.73. The van der Waals surface area contributed by atoms with Crippen molar-refractivity contribution in [2.75, 3.05) is 12.0 Å². The highest BCUT2D eigenvalue weighted by Crippen LogP contribution is 2.25. The first-order valence-corrected chi connectivity index (χ1v) is 9.70. The SMILES string of the molecule is CCCCCCCCCOc1ccc(/C=N/Nc2cn[nH]c(=O)n2)cc1Cl. The van der Waals surface area contributed by atoms with Crippen molar-refractivity contribution in [2.24, 2.45) is 5.10 Å². The third-order valence-corrected chi connectivity index (χ3v) is 4.22. The maximum atomic E-state index is 11.0. The highest BCUT2D eigenvalue weighted by Gasteiger charge is 2.02. The number of halogens is 1. The fourth-order valence-corrected chi connectivity index (χ4v) is 2.74. The van der Waals surface area contributed by atoms with Gasteiger partial charge in [-0.1, -0.05) is 57.0 Å². The summed E-state index contributed by atoms with van der Waals surface area (Å²) < 4.78 is 5.76. The predicted molar refractivity (Wildman–Crippen MR) is 109 cm³/mol. The van der Waals surface area contributed by atoms with Crippen LogP contribution in [0.1, 0.15) is 57.4 Å². The first-order valence-electron chi connectivity index (χ1n) is 9.32. The van der Waals surface area contributed by atoms with E-state index in [4.69, 9.17) is 16.3 Å². The molecule has 0 spiro atoms. The number of unbranched alkanes of at least 4 members (excludes halogenated alkanes) is 6. The van der Waals surface area contributed by atoms with Crippen LogP contribution in [0, 0.1) is 0 Å². The number of H-pyrrole nitrogens is 1. The maximum Gasteiger partial charge on any atom is 0.363 e. The van der Waals surface area contributed by atoms with Gasteiger partial charge in [-0.3, -0.25) is 5.43 Å². The van der Waals surface area contributed by atoms with Gasteiger partial charge in [0, 0.05) is 0 Å². The standard InChI is InChI=1S/C19H26ClN5O2/c1-2-3-4-5-6-7-8-11-27-17-10-9-15(12-16(17)20)13-21-24-18-14-22-25-19(26)23-18/h9-10,12-14H,2-8,11H2,1H3,(H2,23,24,25,26)/b21-13+. The van der Waals surface area contributed by atoms with Crippen molar-refractivity contribution in [3.05, 3.63) is 45.5 Å². The van der Waals surface area contributed by atoms with Crippen LogP contribution < -0.4 is 15.9 Å². The van der Waals surface area contributed by atoms with Gasteiger partial charge in [0.1, 0.15) is 5.75 Å². The van der Waals surface area contributed by atoms with Gasteiger partial charge in [-0.2, -0.15) is 15.2 Å². The summed E-state index contributed by atoms with van der Waals surface area (Å²) >= 11 is 6.27. The van der Waals surface area contributed by atoms with Crippen molar-refractivity contribution in [1.82, 2.24) is 15.2 Å². The van der Waals surface area contributed by atoms with Crippen LogP contribution in [-0.4, -0.2) is 28.0 Å². The van der Waals surface area contributed by atoms with Crippen molar-refractivity contribution in [2.45, 2.75) is 51.9 Å². The minimum atomic E-state index is -0.541. The molecule has 0 saturated carbocycles. The molecular weight excluding hydrogens is 366 g/mol. The number of nitrogens with one attached hydrogen (secondary N) is 2. The lowest BCUT2D eigenvalue weighted by Gasteiger charge is -2.08. The van der Waals surface area contributed by atoms with E-state index in [-0.39, 0.29) is 5.82 Å². The first kappa shape index (κ1) is 20.9. The Kier molecular flexibility index (Phi) is 9.34. The Hall–Kier alpha value is -2.41. The summed E-state index contributed by atoms with van der Waals surface area (Å²) in [5, 5.41) is 10.4. The summed E-state index contributed by atoms with van der Waals surface area (Å²) in [6.07, 6.45) is 11.7. The lowest BCUT2D eigenvalue weighted by atomic mass is 10.1. The second-order valence-corrected chi connectivity index (χ2v) is 6.61. The van der Waals surface area contributed by atoms with Gasteiger partial charge in [0.2, 0.25) is 0 Å². The van der Waals surface area contributed by atoms with Crippen LogP contribution in [0.2, 0.25) is 5.02 Å². The molecule has 0 radical (unpaired) electrons. The Morgan fingerprint density at radius 1 is 1.22 bits per heavy atom. The van der Waals surface area contributed by atoms with Gasteiger partial charge in [-0.15, -0.1) is 0 Å². The fraction of sp³-hybridized carbons (Fsp3) is 0.474. The van der Waals surface area contributed by atoms with Crippen molar-refractivity contribution in [3.63, 3.8) is 0 Å². The molecule has 27 heavy (non-hydrogen) atoms. The van der Waals surface area contributed by atoms with Gasteiger partial charge in [0.15, 0.2) is 5.82 Å². The minimum absolute atomic E-state index is 0.260. The van der Waals surface area contributed by atoms with Crippen molar-refractivity contribution in [3.8, 4) is 5.75 Å². The Labute approximate surface area is 164 Å². The molecule has 0 saturated heterocycles. The summed E-state index contributed by atoms with van der Waals surface area (Å²) in [7, 11) is 0. The zero-order valence-corrected chi connectivity index (χ0v) is 16.3. The van der Waals surface area contributed by atoms with Crippen molar-refractivity contribution >= 4 is 23.6 Å². The molecule has 2 N–H and O–H groups in total. The van der Waals surface area contributed by atoms with Crippen LogP contribution in [0.3, 0.4) is 0 Å². The lowest BCUT2D eigenvalue weighted by molar-refractivity contribution is 0.304. The number of hydrazone groups is 1. The molecule has 1 aromatic heterocycles. The average Bonchev–Trinajstić information content (AvgIpc) is 2.65. The van der Waals surface area contributed by atoms with Crippen LogP contribution in [0.25, 0.3) is 0 Å². The molecule has 2 aromatic rings. The van der Waals surface area contributed by atoms with Crippen molar-refractivity contribution < 1.29 is 4.74 Å². The zero-order chi connectivity index (χ0) is 19.3. The maximum absolute atomic E-state index is 11.0. The van der Waals surface area contributed by atoms with Gasteiger partial charge in [-0.25, -0.2) is 9.89 Å². The number of rotatable bonds is 12. The highest BCUT2D eigenvalue weighted by atomic mass is 35.5. The molecule has 0 aliphatic carbocycles. The molecule has 146 valence electrons. The second kappa shape index (κ2) is 12.1. The molecule has 0 bridgehead atoms. The number of anilines is 1. The third-order valence-electron chi connectivity index (χ3n) is 3.92. The summed E-state index contributed by atoms with van der Waals surface area (Å²) in [5.74, 6) is 0.934. The first-order chi connectivity index (χ1) is 13.2. The summed E-state index contributed by atoms with van der Waals surface area (Å²) in [6, 6.07) is 5.47. The number of hydrogen-bond donors (Lipinski definition) is 2. The number of nitrogens with zero attached hydrogens (tertiary/aromatic N) is 3. The smallest absolute Gasteiger partial charge is 0.363 e. The van der Waals surface area contributed by atoms with E-state index in [1.54, 1.807) is 12.3 Å². The number of benzene rings is 1. The molecule has 1 heterocycles. The highest BCUT2D eigenvalue weighted by molar-refractivity contribution is 6.32. The van der Waals surface area contributed by atoms with E-state index in [0.717, 1.165) is 12.0 Å². The van der Waals surface area contributed by atoms with Crippen LogP contribution >= 0.6 is 11.6 Å². The van der Waals surface area contributed by atoms with E-state index in [1.165, 1.54) is 44.7 Å². The monoisotopic (exact) mass is 391 g/mol. The zero-order valence-electron chi connectivity index (χ0n) is 15.6. The topological polar surface area (TPSA) is 92.3 Å². The molecule has 0 fully saturated rings. The molecule has 0 unspecified atom stereocenters. The van der Waals surface area contributed by atoms with Gasteiger partial charge in [-0.05, 0) is 30.2 Å². The molecule has 0 atom stereocenters. The molecule has 0 aliphatic rings. The van der Waals surface area contributed by atoms with E-state index < -0.39 is 5.69 Å². The fourth-order valence-electron chi connectivity index (χ4n) is 2.49. The normalized spacial score (nSPS) is 11.0. The van der Waals surface area contributed by atoms with Gasteiger partial charge < -0.3 is 4.74 Å². The van der Waals surface area contributed by atoms with Crippen LogP contribution in [-0.2, 0) is 0 Å². The lowest BCUT2D eigenvalue weighted by Crippen LogP contribution is -2.13. The van der Waals surface area contributed by atoms with Crippen LogP contribution in [0.4, 0.5) is 5.82 Å². The average molecular weight is 392 g/mol. The van der Waals surface area contributed by atoms with E-state index >= 15 is 0 Å². The van der Waals surface area contributed by atoms with Gasteiger partial charge >= 0.3 is 5.69 Å². The summed E-state index contributed by atoms with van der Waals surface area (Å²) in [6.45, 7) is 2.90. The third kappa shape index (κ3) is 8.21. The Morgan fingerprint density at radius 3 is 2.74 bits per heavy atom. The van der Waals surface area contributed by atoms with Gasteiger partial charge in [0.25, 0.3) is 0 Å². The van der Waals surface area contributed by atoms with Crippen LogP contribution in [0.5, 0.6) is 5.75 Å². The summed E-state index contributed by atoms with van der Waals surface area (Å²) in [5.41, 5.74) is 2.89. The van der Waals surface area contributed by atoms with Crippen molar-refractivity contribution in [1.29, 1.82) is 0 Å². The second-order valence-electron chi connectivity index (χ2n) is 6.20. The minimum Gasteiger partial charge on any atom is -0.492 e. The number of aromatic nitrogens is 3. The number of ether oxygens (including phenoxy) is 1. The van der Waals surface area contributed by atoms with Crippen LogP contribution in [0.15, 0.2) is 34.3 Å². The Morgan fingerprint density at radius 2 is 2.00 bits per heavy atom. The molecule has 7 nitrogen and oxygen atoms in total. The number of hydrogen-bond acceptors (Lipinski definition) is 6. The van der Waals surface area contributed by atoms with Gasteiger partial charge in [0.05, 0.1) is 24.0 Å². The van der Waals surface area contributed by atoms with E-state index in [9.17, 15) is 4.79 Å². The van der Waals surface area contributed by atoms with E-state index in [0.29, 0.717) is 17.4 Å². The Bertz CT molecular complexity index is 779. The molecule has 2 rings (SSSR count).